The molecule has 0 saturated heterocycles. The number of hydrogen-bond donors (Lipinski definition) is 3. The minimum atomic E-state index is -4.72. The average Bonchev–Trinajstić information content (AvgIpc) is 2.48. The maximum absolute atomic E-state index is 11.9. The summed E-state index contributed by atoms with van der Waals surface area (Å²) in [6.45, 7) is 7.56. The number of hydrogen-bond acceptors (Lipinski definition) is 5. The van der Waals surface area contributed by atoms with E-state index in [1.165, 1.54) is 6.92 Å². The van der Waals surface area contributed by atoms with Crippen molar-refractivity contribution in [3.8, 4) is 0 Å². The van der Waals surface area contributed by atoms with Gasteiger partial charge in [0.25, 0.3) is 0 Å². The molecule has 3 N–H and O–H groups in total. The SMILES string of the molecule is CC(OP(=O)(O)O)C(=O)NCc1ccc(C(=O)OCC(C)(C)C)cc1. The molecule has 0 aromatic heterocycles. The third-order valence-corrected chi connectivity index (χ3v) is 3.55. The molecule has 1 aromatic rings. The standard InChI is InChI=1S/C16H24NO7P/c1-11(24-25(20,21)22)14(18)17-9-12-5-7-13(8-6-12)15(19)23-10-16(2,3)4/h5-8,11H,9-10H2,1-4H3,(H,17,18)(H2,20,21,22). The highest BCUT2D eigenvalue weighted by Crippen LogP contribution is 2.37. The molecule has 0 bridgehead atoms. The van der Waals surface area contributed by atoms with E-state index >= 15 is 0 Å². The lowest BCUT2D eigenvalue weighted by Crippen LogP contribution is -2.33. The summed E-state index contributed by atoms with van der Waals surface area (Å²) in [5.74, 6) is -1.08. The van der Waals surface area contributed by atoms with E-state index < -0.39 is 25.8 Å². The Morgan fingerprint density at radius 1 is 1.20 bits per heavy atom. The van der Waals surface area contributed by atoms with E-state index in [1.54, 1.807) is 24.3 Å². The zero-order chi connectivity index (χ0) is 19.3. The van der Waals surface area contributed by atoms with Gasteiger partial charge in [-0.15, -0.1) is 0 Å². The van der Waals surface area contributed by atoms with Crippen LogP contribution in [0.5, 0.6) is 0 Å². The lowest BCUT2D eigenvalue weighted by atomic mass is 9.99. The number of carbonyl (C=O) groups is 2. The second-order valence-corrected chi connectivity index (χ2v) is 7.98. The molecule has 1 aromatic carbocycles. The first kappa shape index (κ1) is 21.3. The van der Waals surface area contributed by atoms with Crippen molar-refractivity contribution in [1.82, 2.24) is 5.32 Å². The smallest absolute Gasteiger partial charge is 0.462 e. The van der Waals surface area contributed by atoms with Crippen molar-refractivity contribution in [2.24, 2.45) is 5.41 Å². The molecule has 0 heterocycles. The van der Waals surface area contributed by atoms with Gasteiger partial charge in [0.05, 0.1) is 12.2 Å². The Labute approximate surface area is 146 Å². The molecule has 0 saturated carbocycles. The Bertz CT molecular complexity index is 645. The predicted molar refractivity (Wildman–Crippen MR) is 90.6 cm³/mol. The van der Waals surface area contributed by atoms with Crippen LogP contribution >= 0.6 is 7.82 Å². The van der Waals surface area contributed by atoms with Gasteiger partial charge in [-0.1, -0.05) is 32.9 Å². The maximum atomic E-state index is 11.9. The summed E-state index contributed by atoms with van der Waals surface area (Å²) < 4.78 is 20.2. The predicted octanol–water partition coefficient (Wildman–Crippen LogP) is 2.00. The third kappa shape index (κ3) is 8.79. The van der Waals surface area contributed by atoms with Gasteiger partial charge < -0.3 is 19.8 Å². The molecule has 8 nitrogen and oxygen atoms in total. The molecule has 0 spiro atoms. The molecule has 1 unspecified atom stereocenters. The average molecular weight is 373 g/mol. The lowest BCUT2D eigenvalue weighted by Gasteiger charge is -2.17. The fraction of sp³-hybridized carbons (Fsp3) is 0.500. The highest BCUT2D eigenvalue weighted by molar-refractivity contribution is 7.46. The number of benzene rings is 1. The van der Waals surface area contributed by atoms with E-state index in [1.807, 2.05) is 20.8 Å². The molecule has 0 aliphatic carbocycles. The molecule has 0 aliphatic heterocycles. The van der Waals surface area contributed by atoms with Crippen LogP contribution in [0.2, 0.25) is 0 Å². The van der Waals surface area contributed by atoms with Crippen molar-refractivity contribution in [2.45, 2.75) is 40.3 Å². The van der Waals surface area contributed by atoms with Crippen LogP contribution in [0.3, 0.4) is 0 Å². The van der Waals surface area contributed by atoms with Crippen molar-refractivity contribution in [1.29, 1.82) is 0 Å². The zero-order valence-electron chi connectivity index (χ0n) is 14.7. The summed E-state index contributed by atoms with van der Waals surface area (Å²) in [7, 11) is -4.72. The lowest BCUT2D eigenvalue weighted by molar-refractivity contribution is -0.128. The number of phosphoric ester groups is 1. The minimum Gasteiger partial charge on any atom is -0.462 e. The van der Waals surface area contributed by atoms with E-state index in [2.05, 4.69) is 9.84 Å². The summed E-state index contributed by atoms with van der Waals surface area (Å²) in [6.07, 6.45) is -1.28. The van der Waals surface area contributed by atoms with Crippen LogP contribution in [0.1, 0.15) is 43.6 Å². The normalized spacial score (nSPS) is 13.2. The molecule has 0 radical (unpaired) electrons. The summed E-state index contributed by atoms with van der Waals surface area (Å²) >= 11 is 0. The van der Waals surface area contributed by atoms with Crippen molar-refractivity contribution in [3.63, 3.8) is 0 Å². The van der Waals surface area contributed by atoms with Gasteiger partial charge in [0, 0.05) is 6.54 Å². The van der Waals surface area contributed by atoms with Crippen molar-refractivity contribution in [3.05, 3.63) is 35.4 Å². The number of rotatable bonds is 7. The van der Waals surface area contributed by atoms with Crippen LogP contribution in [-0.2, 0) is 25.2 Å². The van der Waals surface area contributed by atoms with Crippen LogP contribution in [0.4, 0.5) is 0 Å². The van der Waals surface area contributed by atoms with Crippen molar-refractivity contribution in [2.75, 3.05) is 6.61 Å². The van der Waals surface area contributed by atoms with E-state index in [-0.39, 0.29) is 12.0 Å². The highest BCUT2D eigenvalue weighted by Gasteiger charge is 2.24. The molecule has 1 atom stereocenters. The molecular weight excluding hydrogens is 349 g/mol. The van der Waals surface area contributed by atoms with Crippen molar-refractivity contribution < 1.29 is 33.2 Å². The van der Waals surface area contributed by atoms with Gasteiger partial charge in [0.2, 0.25) is 5.91 Å². The van der Waals surface area contributed by atoms with Gasteiger partial charge in [-0.25, -0.2) is 9.36 Å². The number of nitrogens with one attached hydrogen (secondary N) is 1. The van der Waals surface area contributed by atoms with Crippen LogP contribution < -0.4 is 5.32 Å². The molecule has 25 heavy (non-hydrogen) atoms. The number of esters is 1. The van der Waals surface area contributed by atoms with Crippen LogP contribution in [0.25, 0.3) is 0 Å². The Kier molecular flexibility index (Phi) is 7.31. The molecule has 9 heteroatoms. The number of carbonyl (C=O) groups excluding carboxylic acids is 2. The molecule has 0 aliphatic rings. The van der Waals surface area contributed by atoms with Gasteiger partial charge in [0.15, 0.2) is 0 Å². The molecule has 1 rings (SSSR count). The number of amides is 1. The Balaban J connectivity index is 2.53. The Morgan fingerprint density at radius 3 is 2.24 bits per heavy atom. The van der Waals surface area contributed by atoms with Crippen LogP contribution in [0, 0.1) is 5.41 Å². The van der Waals surface area contributed by atoms with Crippen molar-refractivity contribution >= 4 is 19.7 Å². The fourth-order valence-corrected chi connectivity index (χ4v) is 2.22. The molecule has 140 valence electrons. The largest absolute Gasteiger partial charge is 0.470 e. The summed E-state index contributed by atoms with van der Waals surface area (Å²) in [4.78, 5) is 40.9. The second-order valence-electron chi connectivity index (χ2n) is 6.79. The van der Waals surface area contributed by atoms with Crippen LogP contribution in [-0.4, -0.2) is 34.4 Å². The van der Waals surface area contributed by atoms with Gasteiger partial charge in [-0.3, -0.25) is 9.32 Å². The van der Waals surface area contributed by atoms with Gasteiger partial charge in [-0.2, -0.15) is 0 Å². The first-order chi connectivity index (χ1) is 11.4. The molecular formula is C16H24NO7P. The monoisotopic (exact) mass is 373 g/mol. The first-order valence-electron chi connectivity index (χ1n) is 7.65. The number of ether oxygens (including phenoxy) is 1. The molecule has 1 amide bonds. The van der Waals surface area contributed by atoms with E-state index in [0.29, 0.717) is 17.7 Å². The summed E-state index contributed by atoms with van der Waals surface area (Å²) in [5.41, 5.74) is 0.993. The third-order valence-electron chi connectivity index (χ3n) is 2.96. The minimum absolute atomic E-state index is 0.119. The summed E-state index contributed by atoms with van der Waals surface area (Å²) in [6, 6.07) is 6.48. The van der Waals surface area contributed by atoms with Gasteiger partial charge >= 0.3 is 13.8 Å². The van der Waals surface area contributed by atoms with Gasteiger partial charge in [0.1, 0.15) is 6.10 Å². The van der Waals surface area contributed by atoms with E-state index in [4.69, 9.17) is 14.5 Å². The van der Waals surface area contributed by atoms with E-state index in [9.17, 15) is 14.2 Å². The van der Waals surface area contributed by atoms with Crippen LogP contribution in [0.15, 0.2) is 24.3 Å². The first-order valence-corrected chi connectivity index (χ1v) is 9.18. The quantitative estimate of drug-likeness (QED) is 0.493. The molecule has 0 fully saturated rings. The second kappa shape index (κ2) is 8.58. The summed E-state index contributed by atoms with van der Waals surface area (Å²) in [5, 5.41) is 2.49. The topological polar surface area (TPSA) is 122 Å². The van der Waals surface area contributed by atoms with E-state index in [0.717, 1.165) is 0 Å². The number of phosphoric acid groups is 1. The highest BCUT2D eigenvalue weighted by atomic mass is 31.2. The zero-order valence-corrected chi connectivity index (χ0v) is 15.6. The maximum Gasteiger partial charge on any atom is 0.470 e. The Hall–Kier alpha value is -1.73. The van der Waals surface area contributed by atoms with Gasteiger partial charge in [-0.05, 0) is 30.0 Å². The fourth-order valence-electron chi connectivity index (χ4n) is 1.71. The Morgan fingerprint density at radius 2 is 1.76 bits per heavy atom.